The first-order valence-corrected chi connectivity index (χ1v) is 12.3. The molecule has 3 aromatic heterocycles. The van der Waals surface area contributed by atoms with Crippen molar-refractivity contribution in [3.05, 3.63) is 59.2 Å². The fraction of sp³-hybridized carbons (Fsp3) is 0.308. The Morgan fingerprint density at radius 2 is 2.03 bits per heavy atom. The molecule has 7 heteroatoms. The number of pyridine rings is 1. The molecule has 1 fully saturated rings. The van der Waals surface area contributed by atoms with Gasteiger partial charge in [-0.05, 0) is 49.4 Å². The highest BCUT2D eigenvalue weighted by Crippen LogP contribution is 2.35. The minimum Gasteiger partial charge on any atom is -0.361 e. The summed E-state index contributed by atoms with van der Waals surface area (Å²) in [5.41, 5.74) is 3.42. The molecule has 1 saturated heterocycles. The van der Waals surface area contributed by atoms with Gasteiger partial charge in [-0.3, -0.25) is 0 Å². The van der Waals surface area contributed by atoms with E-state index in [9.17, 15) is 5.26 Å². The van der Waals surface area contributed by atoms with E-state index in [1.165, 1.54) is 13.1 Å². The second kappa shape index (κ2) is 9.75. The number of benzene rings is 1. The summed E-state index contributed by atoms with van der Waals surface area (Å²) < 4.78 is 0. The monoisotopic (exact) mass is 456 g/mol. The molecule has 0 bridgehead atoms. The van der Waals surface area contributed by atoms with Crippen LogP contribution in [0.4, 0.5) is 11.4 Å². The number of nitrogens with one attached hydrogen (secondary N) is 2. The number of nitrogens with zero attached hydrogens (tertiary/aromatic N) is 4. The Morgan fingerprint density at radius 1 is 1.18 bits per heavy atom. The number of aromatic amines is 1. The van der Waals surface area contributed by atoms with Crippen molar-refractivity contribution in [2.24, 2.45) is 0 Å². The number of thiophene rings is 1. The molecule has 5 rings (SSSR count). The summed E-state index contributed by atoms with van der Waals surface area (Å²) in [5, 5.41) is 15.3. The molecule has 0 unspecified atom stereocenters. The second-order valence-electron chi connectivity index (χ2n) is 8.40. The van der Waals surface area contributed by atoms with E-state index in [2.05, 4.69) is 62.4 Å². The number of nitriles is 1. The van der Waals surface area contributed by atoms with Gasteiger partial charge in [0.05, 0.1) is 11.3 Å². The molecular formula is C26H28N6S. The maximum absolute atomic E-state index is 9.68. The minimum atomic E-state index is 0.552. The number of rotatable bonds is 7. The average Bonchev–Trinajstić information content (AvgIpc) is 3.49. The molecule has 4 aromatic rings. The van der Waals surface area contributed by atoms with Gasteiger partial charge < -0.3 is 20.1 Å². The van der Waals surface area contributed by atoms with Gasteiger partial charge in [0, 0.05) is 72.0 Å². The van der Waals surface area contributed by atoms with Crippen LogP contribution in [0, 0.1) is 11.3 Å². The van der Waals surface area contributed by atoms with Gasteiger partial charge in [-0.1, -0.05) is 13.0 Å². The van der Waals surface area contributed by atoms with Gasteiger partial charge >= 0.3 is 0 Å². The fourth-order valence-corrected chi connectivity index (χ4v) is 5.31. The highest BCUT2D eigenvalue weighted by atomic mass is 32.1. The number of piperazine rings is 1. The fourth-order valence-electron chi connectivity index (χ4n) is 4.37. The Bertz CT molecular complexity index is 1320. The van der Waals surface area contributed by atoms with Crippen molar-refractivity contribution in [3.8, 4) is 6.07 Å². The van der Waals surface area contributed by atoms with E-state index in [4.69, 9.17) is 0 Å². The van der Waals surface area contributed by atoms with Gasteiger partial charge in [0.25, 0.3) is 0 Å². The first kappa shape index (κ1) is 21.7. The molecule has 4 heterocycles. The van der Waals surface area contributed by atoms with Crippen molar-refractivity contribution in [3.63, 3.8) is 0 Å². The van der Waals surface area contributed by atoms with Gasteiger partial charge in [0.1, 0.15) is 10.9 Å². The molecule has 0 spiro atoms. The number of fused-ring (bicyclic) bond motifs is 2. The lowest BCUT2D eigenvalue weighted by Gasteiger charge is -2.33. The Hall–Kier alpha value is -3.18. The summed E-state index contributed by atoms with van der Waals surface area (Å²) in [6, 6.07) is 12.6. The van der Waals surface area contributed by atoms with Gasteiger partial charge in [0.2, 0.25) is 0 Å². The van der Waals surface area contributed by atoms with Gasteiger partial charge in [-0.15, -0.1) is 11.3 Å². The number of anilines is 2. The van der Waals surface area contributed by atoms with E-state index in [0.717, 1.165) is 70.0 Å². The summed E-state index contributed by atoms with van der Waals surface area (Å²) in [5.74, 6) is 0. The molecule has 1 aliphatic heterocycles. The predicted octanol–water partition coefficient (Wildman–Crippen LogP) is 5.43. The summed E-state index contributed by atoms with van der Waals surface area (Å²) in [6.07, 6.45) is 9.09. The molecule has 0 aliphatic carbocycles. The minimum absolute atomic E-state index is 0.552. The van der Waals surface area contributed by atoms with Crippen LogP contribution < -0.4 is 5.32 Å². The number of H-pyrrole nitrogens is 1. The van der Waals surface area contributed by atoms with Crippen LogP contribution in [0.25, 0.3) is 27.2 Å². The van der Waals surface area contributed by atoms with Crippen molar-refractivity contribution >= 4 is 49.9 Å². The zero-order chi connectivity index (χ0) is 22.6. The third kappa shape index (κ3) is 4.79. The Labute approximate surface area is 198 Å². The highest BCUT2D eigenvalue weighted by Gasteiger charge is 2.15. The summed E-state index contributed by atoms with van der Waals surface area (Å²) in [6.45, 7) is 9.17. The van der Waals surface area contributed by atoms with Crippen LogP contribution in [0.3, 0.4) is 0 Å². The molecule has 168 valence electrons. The Morgan fingerprint density at radius 3 is 2.85 bits per heavy atom. The predicted molar refractivity (Wildman–Crippen MR) is 138 cm³/mol. The van der Waals surface area contributed by atoms with Gasteiger partial charge in [-0.25, -0.2) is 4.98 Å². The van der Waals surface area contributed by atoms with Gasteiger partial charge in [-0.2, -0.15) is 5.26 Å². The van der Waals surface area contributed by atoms with Crippen molar-refractivity contribution < 1.29 is 0 Å². The van der Waals surface area contributed by atoms with E-state index >= 15 is 0 Å². The average molecular weight is 457 g/mol. The summed E-state index contributed by atoms with van der Waals surface area (Å²) in [7, 11) is 0. The molecule has 0 amide bonds. The van der Waals surface area contributed by atoms with Crippen LogP contribution in [0.1, 0.15) is 23.8 Å². The lowest BCUT2D eigenvalue weighted by Crippen LogP contribution is -2.46. The summed E-state index contributed by atoms with van der Waals surface area (Å²) >= 11 is 1.66. The zero-order valence-electron chi connectivity index (χ0n) is 18.8. The molecular weight excluding hydrogens is 428 g/mol. The Kier molecular flexibility index (Phi) is 6.40. The first-order valence-electron chi connectivity index (χ1n) is 11.5. The summed E-state index contributed by atoms with van der Waals surface area (Å²) in [4.78, 5) is 14.9. The molecule has 6 nitrogen and oxygen atoms in total. The second-order valence-corrected chi connectivity index (χ2v) is 9.46. The van der Waals surface area contributed by atoms with Crippen molar-refractivity contribution in [2.45, 2.75) is 13.3 Å². The molecule has 0 radical (unpaired) electrons. The largest absolute Gasteiger partial charge is 0.361 e. The van der Waals surface area contributed by atoms with E-state index < -0.39 is 0 Å². The number of likely N-dealkylation sites (N-methyl/N-ethyl adjacent to an activating group) is 1. The van der Waals surface area contributed by atoms with Crippen LogP contribution >= 0.6 is 11.3 Å². The van der Waals surface area contributed by atoms with Crippen molar-refractivity contribution in [1.29, 1.82) is 5.26 Å². The van der Waals surface area contributed by atoms with Crippen LogP contribution in [0.2, 0.25) is 0 Å². The van der Waals surface area contributed by atoms with Crippen molar-refractivity contribution in [1.82, 2.24) is 19.8 Å². The number of hydrogen-bond acceptors (Lipinski definition) is 6. The molecule has 0 atom stereocenters. The highest BCUT2D eigenvalue weighted by molar-refractivity contribution is 7.19. The van der Waals surface area contributed by atoms with Crippen LogP contribution in [0.15, 0.2) is 48.8 Å². The van der Waals surface area contributed by atoms with Crippen LogP contribution in [-0.4, -0.2) is 59.0 Å². The first-order chi connectivity index (χ1) is 16.2. The molecule has 1 aliphatic rings. The lowest BCUT2D eigenvalue weighted by molar-refractivity contribution is 0.139. The Balaban J connectivity index is 1.31. The third-order valence-electron chi connectivity index (χ3n) is 6.33. The molecule has 2 N–H and O–H groups in total. The van der Waals surface area contributed by atoms with Crippen LogP contribution in [-0.2, 0) is 0 Å². The van der Waals surface area contributed by atoms with E-state index in [0.29, 0.717) is 5.56 Å². The zero-order valence-corrected chi connectivity index (χ0v) is 19.7. The quantitative estimate of drug-likeness (QED) is 0.388. The maximum Gasteiger partial charge on any atom is 0.125 e. The van der Waals surface area contributed by atoms with Gasteiger partial charge in [0.15, 0.2) is 0 Å². The molecule has 1 aromatic carbocycles. The number of aromatic nitrogens is 2. The molecule has 33 heavy (non-hydrogen) atoms. The topological polar surface area (TPSA) is 71.0 Å². The SMILES string of the molecule is CCN1CCN(CCC=Cc2cc3c(Nc4ccc5[nH]ccc5c4)c(C#N)cnc3s2)CC1. The van der Waals surface area contributed by atoms with E-state index in [-0.39, 0.29) is 0 Å². The lowest BCUT2D eigenvalue weighted by atomic mass is 10.1. The molecule has 0 saturated carbocycles. The maximum atomic E-state index is 9.68. The van der Waals surface area contributed by atoms with Crippen LogP contribution in [0.5, 0.6) is 0 Å². The van der Waals surface area contributed by atoms with E-state index in [1.54, 1.807) is 17.5 Å². The third-order valence-corrected chi connectivity index (χ3v) is 7.34. The normalized spacial score (nSPS) is 15.5. The standard InChI is InChI=1S/C26H28N6S/c1-2-31-11-13-32(14-12-31)10-4-3-5-22-16-23-25(20(17-27)18-29-26(23)33-22)30-21-6-7-24-19(15-21)8-9-28-24/h3,5-9,15-16,18,28H,2,4,10-14H2,1H3,(H,29,30). The van der Waals surface area contributed by atoms with Crippen molar-refractivity contribution in [2.75, 3.05) is 44.6 Å². The smallest absolute Gasteiger partial charge is 0.125 e. The number of hydrogen-bond donors (Lipinski definition) is 2. The van der Waals surface area contributed by atoms with E-state index in [1.807, 2.05) is 24.4 Å².